The van der Waals surface area contributed by atoms with Crippen LogP contribution in [0.2, 0.25) is 0 Å². The molecule has 1 aliphatic carbocycles. The summed E-state index contributed by atoms with van der Waals surface area (Å²) >= 11 is 1.60. The largest absolute Gasteiger partial charge is 0.357 e. The second-order valence-electron chi connectivity index (χ2n) is 4.41. The van der Waals surface area contributed by atoms with Crippen molar-refractivity contribution >= 4 is 30.9 Å². The Morgan fingerprint density at radius 3 is 2.75 bits per heavy atom. The molecule has 1 aromatic rings. The fourth-order valence-electron chi connectivity index (χ4n) is 2.34. The van der Waals surface area contributed by atoms with Crippen molar-refractivity contribution in [1.82, 2.24) is 9.97 Å². The summed E-state index contributed by atoms with van der Waals surface area (Å²) in [5.74, 6) is 1.10. The molecule has 5 heteroatoms. The molecule has 1 heterocycles. The Kier molecular flexibility index (Phi) is 3.74. The normalized spacial score (nSPS) is 16.6. The summed E-state index contributed by atoms with van der Waals surface area (Å²) in [4.78, 5) is 11.2. The van der Waals surface area contributed by atoms with Gasteiger partial charge in [0.15, 0.2) is 5.16 Å². The second-order valence-corrected chi connectivity index (χ2v) is 5.19. The lowest BCUT2D eigenvalue weighted by molar-refractivity contribution is 0.644. The van der Waals surface area contributed by atoms with Gasteiger partial charge in [-0.3, -0.25) is 0 Å². The van der Waals surface area contributed by atoms with Crippen molar-refractivity contribution in [3.05, 3.63) is 6.20 Å². The summed E-state index contributed by atoms with van der Waals surface area (Å²) in [5, 5.41) is 0.866. The minimum atomic E-state index is 0.670. The predicted molar refractivity (Wildman–Crippen MR) is 72.7 cm³/mol. The maximum Gasteiger partial charge on any atom is 0.189 e. The Morgan fingerprint density at radius 2 is 2.12 bits per heavy atom. The van der Waals surface area contributed by atoms with Gasteiger partial charge in [0.1, 0.15) is 13.7 Å². The maximum absolute atomic E-state index is 4.61. The Balaban J connectivity index is 2.23. The van der Waals surface area contributed by atoms with E-state index in [9.17, 15) is 0 Å². The first-order valence-corrected chi connectivity index (χ1v) is 7.05. The minimum absolute atomic E-state index is 0.670. The van der Waals surface area contributed by atoms with E-state index >= 15 is 0 Å². The molecule has 0 unspecified atom stereocenters. The summed E-state index contributed by atoms with van der Waals surface area (Å²) in [7, 11) is 4.25. The average molecular weight is 235 g/mol. The summed E-state index contributed by atoms with van der Waals surface area (Å²) in [6, 6.07) is 0.670. The smallest absolute Gasteiger partial charge is 0.189 e. The third-order valence-corrected chi connectivity index (χ3v) is 3.87. The average Bonchev–Trinajstić information content (AvgIpc) is 2.82. The van der Waals surface area contributed by atoms with E-state index in [1.165, 1.54) is 31.1 Å². The number of thioether (sulfide) groups is 1. The van der Waals surface area contributed by atoms with Gasteiger partial charge in [0, 0.05) is 19.3 Å². The molecule has 16 heavy (non-hydrogen) atoms. The lowest BCUT2D eigenvalue weighted by Crippen LogP contribution is -2.34. The van der Waals surface area contributed by atoms with Crippen LogP contribution in [0.1, 0.15) is 25.7 Å². The Bertz CT molecular complexity index is 366. The highest BCUT2D eigenvalue weighted by atomic mass is 32.2. The highest BCUT2D eigenvalue weighted by molar-refractivity contribution is 7.98. The second kappa shape index (κ2) is 5.08. The third kappa shape index (κ3) is 2.34. The Morgan fingerprint density at radius 1 is 1.44 bits per heavy atom. The quantitative estimate of drug-likeness (QED) is 0.441. The zero-order chi connectivity index (χ0) is 11.5. The Labute approximate surface area is 102 Å². The molecule has 0 bridgehead atoms. The van der Waals surface area contributed by atoms with E-state index in [0.29, 0.717) is 6.04 Å². The number of nitrogens with zero attached hydrogens (tertiary/aromatic N) is 3. The van der Waals surface area contributed by atoms with Crippen LogP contribution in [0.15, 0.2) is 11.4 Å². The number of hydrogen-bond acceptors (Lipinski definition) is 4. The van der Waals surface area contributed by atoms with Gasteiger partial charge in [-0.2, -0.15) is 0 Å². The summed E-state index contributed by atoms with van der Waals surface area (Å²) in [6.07, 6.45) is 9.26. The third-order valence-electron chi connectivity index (χ3n) is 3.31. The molecule has 0 amide bonds. The summed E-state index contributed by atoms with van der Waals surface area (Å²) in [6.45, 7) is 0. The van der Waals surface area contributed by atoms with Gasteiger partial charge in [-0.05, 0) is 24.6 Å². The predicted octanol–water partition coefficient (Wildman–Crippen LogP) is 0.836. The molecule has 1 saturated carbocycles. The van der Waals surface area contributed by atoms with Crippen LogP contribution in [0.25, 0.3) is 0 Å². The van der Waals surface area contributed by atoms with Crippen LogP contribution in [-0.2, 0) is 0 Å². The van der Waals surface area contributed by atoms with E-state index in [1.807, 2.05) is 12.5 Å². The van der Waals surface area contributed by atoms with Crippen molar-refractivity contribution < 1.29 is 0 Å². The van der Waals surface area contributed by atoms with Gasteiger partial charge in [0.05, 0.1) is 0 Å². The highest BCUT2D eigenvalue weighted by Gasteiger charge is 2.21. The van der Waals surface area contributed by atoms with Crippen LogP contribution < -0.4 is 10.4 Å². The lowest BCUT2D eigenvalue weighted by Gasteiger charge is -2.27. The standard InChI is InChI=1S/C11H18BN3S/c1-15(8-5-3-4-6-8)10-9(12)7-13-11(14-10)16-2/h7-8H,3-6,12H2,1-2H3. The van der Waals surface area contributed by atoms with Gasteiger partial charge in [-0.15, -0.1) is 0 Å². The van der Waals surface area contributed by atoms with Crippen LogP contribution in [0.5, 0.6) is 0 Å². The van der Waals surface area contributed by atoms with E-state index in [2.05, 4.69) is 29.8 Å². The van der Waals surface area contributed by atoms with E-state index < -0.39 is 0 Å². The van der Waals surface area contributed by atoms with Gasteiger partial charge in [-0.25, -0.2) is 9.97 Å². The molecule has 1 aromatic heterocycles. The zero-order valence-corrected chi connectivity index (χ0v) is 11.0. The zero-order valence-electron chi connectivity index (χ0n) is 10.2. The molecule has 0 radical (unpaired) electrons. The number of rotatable bonds is 3. The van der Waals surface area contributed by atoms with E-state index in [-0.39, 0.29) is 0 Å². The fraction of sp³-hybridized carbons (Fsp3) is 0.636. The molecular weight excluding hydrogens is 217 g/mol. The maximum atomic E-state index is 4.61. The molecule has 1 aliphatic rings. The summed E-state index contributed by atoms with van der Waals surface area (Å²) < 4.78 is 0. The number of anilines is 1. The molecule has 1 fully saturated rings. The SMILES string of the molecule is Bc1cnc(SC)nc1N(C)C1CCCC1. The molecule has 2 rings (SSSR count). The number of hydrogen-bond donors (Lipinski definition) is 0. The van der Waals surface area contributed by atoms with E-state index in [0.717, 1.165) is 11.0 Å². The Hall–Kier alpha value is -0.705. The number of aromatic nitrogens is 2. The van der Waals surface area contributed by atoms with Gasteiger partial charge >= 0.3 is 0 Å². The first-order chi connectivity index (χ1) is 7.72. The molecule has 0 aliphatic heterocycles. The van der Waals surface area contributed by atoms with Gasteiger partial charge < -0.3 is 4.90 Å². The van der Waals surface area contributed by atoms with Gasteiger partial charge in [0.2, 0.25) is 0 Å². The van der Waals surface area contributed by atoms with E-state index in [1.54, 1.807) is 11.8 Å². The van der Waals surface area contributed by atoms with E-state index in [4.69, 9.17) is 0 Å². The lowest BCUT2D eigenvalue weighted by atomic mass is 9.98. The monoisotopic (exact) mass is 235 g/mol. The summed E-state index contributed by atoms with van der Waals surface area (Å²) in [5.41, 5.74) is 1.17. The molecule has 0 atom stereocenters. The van der Waals surface area contributed by atoms with Crippen molar-refractivity contribution in [1.29, 1.82) is 0 Å². The first-order valence-electron chi connectivity index (χ1n) is 5.83. The van der Waals surface area contributed by atoms with Crippen molar-refractivity contribution in [2.75, 3.05) is 18.2 Å². The van der Waals surface area contributed by atoms with Crippen molar-refractivity contribution in [2.45, 2.75) is 36.9 Å². The molecule has 0 aromatic carbocycles. The molecule has 3 nitrogen and oxygen atoms in total. The van der Waals surface area contributed by atoms with Crippen LogP contribution in [0.4, 0.5) is 5.82 Å². The molecule has 0 N–H and O–H groups in total. The fourth-order valence-corrected chi connectivity index (χ4v) is 2.67. The van der Waals surface area contributed by atoms with Crippen molar-refractivity contribution in [2.24, 2.45) is 0 Å². The highest BCUT2D eigenvalue weighted by Crippen LogP contribution is 2.25. The molecule has 0 saturated heterocycles. The first kappa shape index (κ1) is 11.8. The molecule has 0 spiro atoms. The van der Waals surface area contributed by atoms with Crippen molar-refractivity contribution in [3.63, 3.8) is 0 Å². The minimum Gasteiger partial charge on any atom is -0.357 e. The van der Waals surface area contributed by atoms with Crippen LogP contribution in [-0.4, -0.2) is 37.2 Å². The van der Waals surface area contributed by atoms with Crippen LogP contribution in [0, 0.1) is 0 Å². The van der Waals surface area contributed by atoms with Gasteiger partial charge in [-0.1, -0.05) is 24.6 Å². The molecular formula is C11H18BN3S. The molecule has 86 valence electrons. The van der Waals surface area contributed by atoms with Crippen LogP contribution in [0.3, 0.4) is 0 Å². The van der Waals surface area contributed by atoms with Crippen LogP contribution >= 0.6 is 11.8 Å². The topological polar surface area (TPSA) is 29.0 Å². The van der Waals surface area contributed by atoms with Gasteiger partial charge in [0.25, 0.3) is 0 Å². The van der Waals surface area contributed by atoms with Crippen molar-refractivity contribution in [3.8, 4) is 0 Å².